The number of ether oxygens (including phenoxy) is 2. The molecule has 3 aromatic rings. The molecule has 9 nitrogen and oxygen atoms in total. The molecule has 0 aliphatic carbocycles. The number of phenolic OH excluding ortho intramolecular Hbond substituents is 3. The number of carbonyl (C=O) groups is 1. The van der Waals surface area contributed by atoms with E-state index in [1.165, 1.54) is 25.3 Å². The van der Waals surface area contributed by atoms with Crippen LogP contribution in [0.5, 0.6) is 34.5 Å². The van der Waals surface area contributed by atoms with Gasteiger partial charge in [0.15, 0.2) is 23.0 Å². The zero-order valence-electron chi connectivity index (χ0n) is 23.7. The molecule has 0 aromatic heterocycles. The molecule has 0 heterocycles. The van der Waals surface area contributed by atoms with Crippen LogP contribution >= 0.6 is 0 Å². The molecule has 0 bridgehead atoms. The Balaban J connectivity index is 1.80. The number of Topliss-reactive ketones (excluding diaryl/α,β-unsaturated/α-hetero) is 1. The fourth-order valence-electron chi connectivity index (χ4n) is 4.70. The Morgan fingerprint density at radius 2 is 1.61 bits per heavy atom. The van der Waals surface area contributed by atoms with E-state index >= 15 is 0 Å². The minimum atomic E-state index is -1.05. The average Bonchev–Trinajstić information content (AvgIpc) is 2.94. The largest absolute Gasteiger partial charge is 0.508 e. The van der Waals surface area contributed by atoms with Crippen molar-refractivity contribution < 1.29 is 44.9 Å². The van der Waals surface area contributed by atoms with Crippen LogP contribution in [0.2, 0.25) is 0 Å². The van der Waals surface area contributed by atoms with Gasteiger partial charge in [0, 0.05) is 17.9 Å². The van der Waals surface area contributed by atoms with Crippen LogP contribution in [0, 0.1) is 11.8 Å². The molecule has 0 amide bonds. The highest BCUT2D eigenvalue weighted by atomic mass is 16.5. The number of aryl methyl sites for hydroxylation is 2. The van der Waals surface area contributed by atoms with Crippen molar-refractivity contribution in [2.45, 2.75) is 58.7 Å². The quantitative estimate of drug-likeness (QED) is 0.146. The maximum Gasteiger partial charge on any atom is 0.200 e. The topological polar surface area (TPSA) is 157 Å². The molecule has 3 rings (SSSR count). The molecule has 222 valence electrons. The van der Waals surface area contributed by atoms with Gasteiger partial charge in [0.2, 0.25) is 5.75 Å². The van der Waals surface area contributed by atoms with Gasteiger partial charge in [-0.3, -0.25) is 4.79 Å². The zero-order chi connectivity index (χ0) is 30.1. The van der Waals surface area contributed by atoms with E-state index in [-0.39, 0.29) is 66.1 Å². The maximum absolute atomic E-state index is 13.6. The van der Waals surface area contributed by atoms with Crippen molar-refractivity contribution in [2.75, 3.05) is 13.7 Å². The normalized spacial score (nSPS) is 12.7. The molecule has 3 aromatic carbocycles. The van der Waals surface area contributed by atoms with Crippen molar-refractivity contribution in [3.63, 3.8) is 0 Å². The van der Waals surface area contributed by atoms with Crippen LogP contribution in [0.25, 0.3) is 0 Å². The molecule has 0 aliphatic rings. The molecule has 0 radical (unpaired) electrons. The Morgan fingerprint density at radius 1 is 0.878 bits per heavy atom. The third kappa shape index (κ3) is 8.52. The first-order valence-corrected chi connectivity index (χ1v) is 13.7. The highest BCUT2D eigenvalue weighted by Crippen LogP contribution is 2.37. The van der Waals surface area contributed by atoms with Gasteiger partial charge in [-0.2, -0.15) is 0 Å². The Morgan fingerprint density at radius 3 is 2.29 bits per heavy atom. The highest BCUT2D eigenvalue weighted by Gasteiger charge is 2.28. The number of aromatic hydroxyl groups is 4. The van der Waals surface area contributed by atoms with E-state index in [1.807, 2.05) is 13.8 Å². The van der Waals surface area contributed by atoms with Gasteiger partial charge >= 0.3 is 0 Å². The van der Waals surface area contributed by atoms with E-state index in [0.29, 0.717) is 35.5 Å². The highest BCUT2D eigenvalue weighted by molar-refractivity contribution is 5.82. The maximum atomic E-state index is 13.6. The summed E-state index contributed by atoms with van der Waals surface area (Å²) in [6, 6.07) is 12.7. The van der Waals surface area contributed by atoms with Crippen molar-refractivity contribution >= 4 is 5.78 Å². The summed E-state index contributed by atoms with van der Waals surface area (Å²) >= 11 is 0. The van der Waals surface area contributed by atoms with Crippen LogP contribution in [-0.2, 0) is 30.7 Å². The van der Waals surface area contributed by atoms with Gasteiger partial charge < -0.3 is 40.1 Å². The lowest BCUT2D eigenvalue weighted by Gasteiger charge is -2.24. The monoisotopic (exact) mass is 568 g/mol. The van der Waals surface area contributed by atoms with Crippen LogP contribution in [0.15, 0.2) is 48.5 Å². The molecule has 6 N–H and O–H groups in total. The standard InChI is InChI=1S/C32H40O9/c1-19(2)18-41-31-15-21(13-29(38)32(31)39)9-11-27(36)23(16-22-5-4-6-25(34)24(22)17-33)26(35)10-7-20-8-12-28(37)30(14-20)40-3/h4-6,8,12-15,19,23,26,33-35,37-39H,7,9-11,16-18H2,1-3H3/t23-,26-/m1/s1. The third-order valence-corrected chi connectivity index (χ3v) is 7.04. The first kappa shape index (κ1) is 31.6. The summed E-state index contributed by atoms with van der Waals surface area (Å²) in [5.41, 5.74) is 2.26. The van der Waals surface area contributed by atoms with Crippen molar-refractivity contribution in [1.29, 1.82) is 0 Å². The lowest BCUT2D eigenvalue weighted by atomic mass is 9.84. The smallest absolute Gasteiger partial charge is 0.200 e. The lowest BCUT2D eigenvalue weighted by molar-refractivity contribution is -0.126. The van der Waals surface area contributed by atoms with Gasteiger partial charge in [-0.05, 0) is 78.6 Å². The summed E-state index contributed by atoms with van der Waals surface area (Å²) in [6.07, 6.45) is -0.0188. The van der Waals surface area contributed by atoms with Gasteiger partial charge in [0.1, 0.15) is 11.5 Å². The minimum absolute atomic E-state index is 0.00306. The number of methoxy groups -OCH3 is 1. The third-order valence-electron chi connectivity index (χ3n) is 7.04. The number of ketones is 1. The van der Waals surface area contributed by atoms with Crippen LogP contribution in [0.1, 0.15) is 48.9 Å². The van der Waals surface area contributed by atoms with Gasteiger partial charge in [-0.1, -0.05) is 32.0 Å². The molecule has 0 fully saturated rings. The predicted octanol–water partition coefficient (Wildman–Crippen LogP) is 4.40. The molecule has 0 unspecified atom stereocenters. The van der Waals surface area contributed by atoms with Gasteiger partial charge in [0.25, 0.3) is 0 Å². The molecule has 0 saturated carbocycles. The van der Waals surface area contributed by atoms with Crippen LogP contribution < -0.4 is 9.47 Å². The Hall–Kier alpha value is -3.95. The first-order valence-electron chi connectivity index (χ1n) is 13.7. The summed E-state index contributed by atoms with van der Waals surface area (Å²) < 4.78 is 10.8. The van der Waals surface area contributed by atoms with Crippen molar-refractivity contribution in [3.05, 3.63) is 70.8 Å². The first-order chi connectivity index (χ1) is 19.5. The Bertz CT molecular complexity index is 1320. The number of rotatable bonds is 15. The summed E-state index contributed by atoms with van der Waals surface area (Å²) in [5.74, 6) is -1.22. The van der Waals surface area contributed by atoms with Crippen molar-refractivity contribution in [2.24, 2.45) is 11.8 Å². The summed E-state index contributed by atoms with van der Waals surface area (Å²) in [5, 5.41) is 61.5. The molecule has 0 saturated heterocycles. The van der Waals surface area contributed by atoms with E-state index in [0.717, 1.165) is 5.56 Å². The van der Waals surface area contributed by atoms with E-state index in [4.69, 9.17) is 9.47 Å². The number of aliphatic hydroxyl groups excluding tert-OH is 2. The minimum Gasteiger partial charge on any atom is -0.508 e. The Labute approximate surface area is 240 Å². The number of phenols is 4. The molecule has 0 spiro atoms. The van der Waals surface area contributed by atoms with Gasteiger partial charge in [-0.25, -0.2) is 0 Å². The fraction of sp³-hybridized carbons (Fsp3) is 0.406. The van der Waals surface area contributed by atoms with Gasteiger partial charge in [0.05, 0.1) is 26.4 Å². The molecule has 41 heavy (non-hydrogen) atoms. The van der Waals surface area contributed by atoms with Crippen molar-refractivity contribution in [3.8, 4) is 34.5 Å². The predicted molar refractivity (Wildman–Crippen MR) is 154 cm³/mol. The number of hydrogen-bond donors (Lipinski definition) is 6. The molecule has 9 heteroatoms. The number of aliphatic hydroxyl groups is 2. The summed E-state index contributed by atoms with van der Waals surface area (Å²) in [7, 11) is 1.45. The lowest BCUT2D eigenvalue weighted by Crippen LogP contribution is -2.31. The van der Waals surface area contributed by atoms with E-state index in [9.17, 15) is 35.4 Å². The second kappa shape index (κ2) is 14.6. The average molecular weight is 569 g/mol. The second-order valence-corrected chi connectivity index (χ2v) is 10.6. The number of carbonyl (C=O) groups excluding carboxylic acids is 1. The van der Waals surface area contributed by atoms with E-state index in [1.54, 1.807) is 30.3 Å². The SMILES string of the molecule is COc1cc(CC[C@@H](O)[C@@H](Cc2cccc(O)c2CO)C(=O)CCc2cc(O)c(O)c(OCC(C)C)c2)ccc1O. The van der Waals surface area contributed by atoms with Crippen LogP contribution in [0.3, 0.4) is 0 Å². The summed E-state index contributed by atoms with van der Waals surface area (Å²) in [6.45, 7) is 3.83. The van der Waals surface area contributed by atoms with Crippen LogP contribution in [-0.4, -0.2) is 56.2 Å². The van der Waals surface area contributed by atoms with E-state index < -0.39 is 18.6 Å². The van der Waals surface area contributed by atoms with Crippen molar-refractivity contribution in [1.82, 2.24) is 0 Å². The molecular formula is C32H40O9. The zero-order valence-corrected chi connectivity index (χ0v) is 23.7. The van der Waals surface area contributed by atoms with E-state index in [2.05, 4.69) is 0 Å². The molecule has 2 atom stereocenters. The van der Waals surface area contributed by atoms with Crippen LogP contribution in [0.4, 0.5) is 0 Å². The second-order valence-electron chi connectivity index (χ2n) is 10.6. The van der Waals surface area contributed by atoms with Gasteiger partial charge in [-0.15, -0.1) is 0 Å². The Kier molecular flexibility index (Phi) is 11.3. The number of hydrogen-bond acceptors (Lipinski definition) is 9. The summed E-state index contributed by atoms with van der Waals surface area (Å²) in [4.78, 5) is 13.6. The number of benzene rings is 3. The molecule has 0 aliphatic heterocycles. The molecular weight excluding hydrogens is 528 g/mol. The fourth-order valence-corrected chi connectivity index (χ4v) is 4.70.